The summed E-state index contributed by atoms with van der Waals surface area (Å²) < 4.78 is 5.51. The molecule has 1 aromatic carbocycles. The summed E-state index contributed by atoms with van der Waals surface area (Å²) in [5, 5.41) is 3.33. The number of nitrogens with two attached hydrogens (primary N) is 1. The molecule has 0 aromatic heterocycles. The van der Waals surface area contributed by atoms with Crippen LogP contribution in [-0.4, -0.2) is 19.3 Å². The summed E-state index contributed by atoms with van der Waals surface area (Å²) in [6.45, 7) is 1.80. The molecule has 1 unspecified atom stereocenters. The Morgan fingerprint density at radius 2 is 2.14 bits per heavy atom. The SMILES string of the molecule is Nc1ccc(NCC2CCCO2)cc1. The fourth-order valence-corrected chi connectivity index (χ4v) is 1.64. The van der Waals surface area contributed by atoms with Gasteiger partial charge in [-0.1, -0.05) is 0 Å². The zero-order chi connectivity index (χ0) is 9.80. The largest absolute Gasteiger partial charge is 0.399 e. The van der Waals surface area contributed by atoms with Crippen molar-refractivity contribution in [3.05, 3.63) is 24.3 Å². The summed E-state index contributed by atoms with van der Waals surface area (Å²) in [5.74, 6) is 0. The Bertz CT molecular complexity index is 278. The predicted octanol–water partition coefficient (Wildman–Crippen LogP) is 1.86. The van der Waals surface area contributed by atoms with E-state index < -0.39 is 0 Å². The predicted molar refractivity (Wildman–Crippen MR) is 58.3 cm³/mol. The molecule has 0 aliphatic carbocycles. The number of rotatable bonds is 3. The Morgan fingerprint density at radius 3 is 2.79 bits per heavy atom. The third-order valence-corrected chi connectivity index (χ3v) is 2.47. The van der Waals surface area contributed by atoms with Gasteiger partial charge in [-0.3, -0.25) is 0 Å². The van der Waals surface area contributed by atoms with Gasteiger partial charge in [0.2, 0.25) is 0 Å². The van der Waals surface area contributed by atoms with Gasteiger partial charge in [-0.15, -0.1) is 0 Å². The van der Waals surface area contributed by atoms with Crippen LogP contribution in [0.1, 0.15) is 12.8 Å². The van der Waals surface area contributed by atoms with Crippen molar-refractivity contribution < 1.29 is 4.74 Å². The van der Waals surface area contributed by atoms with Crippen molar-refractivity contribution in [2.24, 2.45) is 0 Å². The molecule has 0 amide bonds. The van der Waals surface area contributed by atoms with Gasteiger partial charge in [-0.25, -0.2) is 0 Å². The highest BCUT2D eigenvalue weighted by Crippen LogP contribution is 2.14. The van der Waals surface area contributed by atoms with Crippen LogP contribution in [-0.2, 0) is 4.74 Å². The molecule has 3 heteroatoms. The second kappa shape index (κ2) is 4.33. The molecule has 1 atom stereocenters. The van der Waals surface area contributed by atoms with Gasteiger partial charge < -0.3 is 15.8 Å². The zero-order valence-electron chi connectivity index (χ0n) is 8.20. The Kier molecular flexibility index (Phi) is 2.89. The van der Waals surface area contributed by atoms with Crippen molar-refractivity contribution in [3.63, 3.8) is 0 Å². The molecule has 0 saturated carbocycles. The van der Waals surface area contributed by atoms with Crippen LogP contribution in [0.15, 0.2) is 24.3 Å². The molecular weight excluding hydrogens is 176 g/mol. The van der Waals surface area contributed by atoms with E-state index >= 15 is 0 Å². The average molecular weight is 192 g/mol. The van der Waals surface area contributed by atoms with Crippen LogP contribution in [0.5, 0.6) is 0 Å². The van der Waals surface area contributed by atoms with Gasteiger partial charge in [-0.2, -0.15) is 0 Å². The number of nitrogens with one attached hydrogen (secondary N) is 1. The molecule has 1 fully saturated rings. The molecule has 76 valence electrons. The fraction of sp³-hybridized carbons (Fsp3) is 0.455. The van der Waals surface area contributed by atoms with Crippen molar-refractivity contribution in [2.75, 3.05) is 24.2 Å². The molecular formula is C11H16N2O. The van der Waals surface area contributed by atoms with E-state index in [-0.39, 0.29) is 0 Å². The normalized spacial score (nSPS) is 21.0. The minimum atomic E-state index is 0.382. The number of benzene rings is 1. The summed E-state index contributed by atoms with van der Waals surface area (Å²) in [6, 6.07) is 7.78. The Morgan fingerprint density at radius 1 is 1.36 bits per heavy atom. The number of anilines is 2. The highest BCUT2D eigenvalue weighted by atomic mass is 16.5. The van der Waals surface area contributed by atoms with Gasteiger partial charge in [0.1, 0.15) is 0 Å². The summed E-state index contributed by atoms with van der Waals surface area (Å²) in [6.07, 6.45) is 2.74. The topological polar surface area (TPSA) is 47.3 Å². The van der Waals surface area contributed by atoms with Crippen molar-refractivity contribution >= 4 is 11.4 Å². The van der Waals surface area contributed by atoms with Crippen molar-refractivity contribution in [2.45, 2.75) is 18.9 Å². The highest BCUT2D eigenvalue weighted by Gasteiger charge is 2.14. The molecule has 3 nitrogen and oxygen atoms in total. The molecule has 2 rings (SSSR count). The van der Waals surface area contributed by atoms with Gasteiger partial charge in [-0.05, 0) is 37.1 Å². The van der Waals surface area contributed by atoms with Gasteiger partial charge in [0.25, 0.3) is 0 Å². The molecule has 1 aromatic rings. The Hall–Kier alpha value is -1.22. The zero-order valence-corrected chi connectivity index (χ0v) is 8.20. The van der Waals surface area contributed by atoms with E-state index in [0.29, 0.717) is 6.10 Å². The average Bonchev–Trinajstić information content (AvgIpc) is 2.70. The van der Waals surface area contributed by atoms with Crippen molar-refractivity contribution in [1.29, 1.82) is 0 Å². The van der Waals surface area contributed by atoms with Crippen LogP contribution in [0.25, 0.3) is 0 Å². The molecule has 0 bridgehead atoms. The highest BCUT2D eigenvalue weighted by molar-refractivity contribution is 5.51. The van der Waals surface area contributed by atoms with E-state index in [4.69, 9.17) is 10.5 Å². The molecule has 14 heavy (non-hydrogen) atoms. The molecule has 1 aliphatic rings. The number of hydrogen-bond acceptors (Lipinski definition) is 3. The van der Waals surface area contributed by atoms with Gasteiger partial charge in [0.05, 0.1) is 6.10 Å². The van der Waals surface area contributed by atoms with Crippen LogP contribution in [0.3, 0.4) is 0 Å². The van der Waals surface area contributed by atoms with Crippen LogP contribution in [0.4, 0.5) is 11.4 Å². The lowest BCUT2D eigenvalue weighted by atomic mass is 10.2. The quantitative estimate of drug-likeness (QED) is 0.719. The smallest absolute Gasteiger partial charge is 0.0748 e. The molecule has 1 saturated heterocycles. The Balaban J connectivity index is 1.82. The minimum absolute atomic E-state index is 0.382. The van der Waals surface area contributed by atoms with E-state index in [1.807, 2.05) is 24.3 Å². The van der Waals surface area contributed by atoms with E-state index in [2.05, 4.69) is 5.32 Å². The molecule has 0 radical (unpaired) electrons. The standard InChI is InChI=1S/C11H16N2O/c12-9-3-5-10(6-4-9)13-8-11-2-1-7-14-11/h3-6,11,13H,1-2,7-8,12H2. The monoisotopic (exact) mass is 192 g/mol. The lowest BCUT2D eigenvalue weighted by Crippen LogP contribution is -2.18. The Labute approximate surface area is 84.3 Å². The third kappa shape index (κ3) is 2.39. The molecule has 1 heterocycles. The third-order valence-electron chi connectivity index (χ3n) is 2.47. The van der Waals surface area contributed by atoms with Gasteiger partial charge in [0.15, 0.2) is 0 Å². The first-order chi connectivity index (χ1) is 6.84. The summed E-state index contributed by atoms with van der Waals surface area (Å²) in [4.78, 5) is 0. The maximum Gasteiger partial charge on any atom is 0.0748 e. The second-order valence-electron chi connectivity index (χ2n) is 3.64. The second-order valence-corrected chi connectivity index (χ2v) is 3.64. The maximum absolute atomic E-state index is 5.59. The molecule has 1 aliphatic heterocycles. The summed E-state index contributed by atoms with van der Waals surface area (Å²) in [5.41, 5.74) is 7.50. The van der Waals surface area contributed by atoms with Gasteiger partial charge >= 0.3 is 0 Å². The lowest BCUT2D eigenvalue weighted by molar-refractivity contribution is 0.120. The summed E-state index contributed by atoms with van der Waals surface area (Å²) in [7, 11) is 0. The first kappa shape index (κ1) is 9.34. The molecule has 0 spiro atoms. The first-order valence-corrected chi connectivity index (χ1v) is 5.05. The first-order valence-electron chi connectivity index (χ1n) is 5.05. The molecule has 3 N–H and O–H groups in total. The fourth-order valence-electron chi connectivity index (χ4n) is 1.64. The van der Waals surface area contributed by atoms with Crippen LogP contribution >= 0.6 is 0 Å². The van der Waals surface area contributed by atoms with E-state index in [9.17, 15) is 0 Å². The van der Waals surface area contributed by atoms with Crippen molar-refractivity contribution in [3.8, 4) is 0 Å². The van der Waals surface area contributed by atoms with Crippen LogP contribution in [0.2, 0.25) is 0 Å². The van der Waals surface area contributed by atoms with E-state index in [1.54, 1.807) is 0 Å². The summed E-state index contributed by atoms with van der Waals surface area (Å²) >= 11 is 0. The number of ether oxygens (including phenoxy) is 1. The van der Waals surface area contributed by atoms with Crippen LogP contribution < -0.4 is 11.1 Å². The van der Waals surface area contributed by atoms with E-state index in [0.717, 1.165) is 24.5 Å². The maximum atomic E-state index is 5.59. The lowest BCUT2D eigenvalue weighted by Gasteiger charge is -2.11. The van der Waals surface area contributed by atoms with E-state index in [1.165, 1.54) is 12.8 Å². The van der Waals surface area contributed by atoms with Crippen molar-refractivity contribution in [1.82, 2.24) is 0 Å². The number of nitrogen functional groups attached to an aromatic ring is 1. The minimum Gasteiger partial charge on any atom is -0.399 e. The van der Waals surface area contributed by atoms with Crippen LogP contribution in [0, 0.1) is 0 Å². The van der Waals surface area contributed by atoms with Gasteiger partial charge in [0, 0.05) is 24.5 Å². The number of hydrogen-bond donors (Lipinski definition) is 2.